The third-order valence-electron chi connectivity index (χ3n) is 4.89. The Labute approximate surface area is 175 Å². The number of Topliss-reactive ketones (excluding diaryl/α,β-unsaturated/α-hetero) is 1. The first-order valence-corrected chi connectivity index (χ1v) is 10.9. The molecule has 0 spiro atoms. The first-order valence-electron chi connectivity index (χ1n) is 9.47. The summed E-state index contributed by atoms with van der Waals surface area (Å²) < 4.78 is 30.2. The van der Waals surface area contributed by atoms with E-state index in [2.05, 4.69) is 4.98 Å². The first-order chi connectivity index (χ1) is 14.3. The molecule has 0 bridgehead atoms. The summed E-state index contributed by atoms with van der Waals surface area (Å²) in [5.41, 5.74) is 3.34. The summed E-state index contributed by atoms with van der Waals surface area (Å²) in [6.45, 7) is 3.45. The van der Waals surface area contributed by atoms with Gasteiger partial charge in [-0.15, -0.1) is 0 Å². The molecule has 2 aromatic heterocycles. The zero-order valence-electron chi connectivity index (χ0n) is 16.7. The summed E-state index contributed by atoms with van der Waals surface area (Å²) >= 11 is 0. The molecule has 30 heavy (non-hydrogen) atoms. The number of pyridine rings is 1. The van der Waals surface area contributed by atoms with Crippen molar-refractivity contribution in [2.45, 2.75) is 25.3 Å². The second-order valence-electron chi connectivity index (χ2n) is 7.13. The standard InChI is InChI=1S/C23H21N3O3S/c1-17-6-12-22(13-7-17)30(28,29)26(21-10-8-19(9-11-21)18(2)27)16-20-15-25-14-4-3-5-23(25)24-20/h3-15H,16H2,1-2H3. The largest absolute Gasteiger partial charge is 0.307 e. The zero-order valence-corrected chi connectivity index (χ0v) is 17.5. The minimum absolute atomic E-state index is 0.0668. The summed E-state index contributed by atoms with van der Waals surface area (Å²) in [6.07, 6.45) is 3.68. The van der Waals surface area contributed by atoms with Gasteiger partial charge in [0, 0.05) is 18.0 Å². The van der Waals surface area contributed by atoms with Crippen LogP contribution in [-0.2, 0) is 16.6 Å². The van der Waals surface area contributed by atoms with Gasteiger partial charge in [-0.05, 0) is 62.4 Å². The fourth-order valence-corrected chi connectivity index (χ4v) is 4.66. The van der Waals surface area contributed by atoms with Crippen LogP contribution in [0.1, 0.15) is 28.5 Å². The van der Waals surface area contributed by atoms with Gasteiger partial charge < -0.3 is 4.40 Å². The lowest BCUT2D eigenvalue weighted by Crippen LogP contribution is -2.30. The minimum atomic E-state index is -3.84. The Morgan fingerprint density at radius 3 is 2.33 bits per heavy atom. The second-order valence-corrected chi connectivity index (χ2v) is 8.99. The lowest BCUT2D eigenvalue weighted by molar-refractivity contribution is 0.101. The van der Waals surface area contributed by atoms with E-state index in [1.54, 1.807) is 48.5 Å². The fraction of sp³-hybridized carbons (Fsp3) is 0.130. The van der Waals surface area contributed by atoms with Crippen molar-refractivity contribution in [3.63, 3.8) is 0 Å². The van der Waals surface area contributed by atoms with E-state index in [4.69, 9.17) is 0 Å². The van der Waals surface area contributed by atoms with Gasteiger partial charge in [0.2, 0.25) is 0 Å². The average Bonchev–Trinajstić information content (AvgIpc) is 3.15. The molecule has 7 heteroatoms. The topological polar surface area (TPSA) is 71.8 Å². The maximum absolute atomic E-state index is 13.5. The highest BCUT2D eigenvalue weighted by atomic mass is 32.2. The quantitative estimate of drug-likeness (QED) is 0.438. The molecule has 6 nitrogen and oxygen atoms in total. The Morgan fingerprint density at radius 2 is 1.70 bits per heavy atom. The van der Waals surface area contributed by atoms with Gasteiger partial charge in [0.1, 0.15) is 5.65 Å². The van der Waals surface area contributed by atoms with Gasteiger partial charge in [-0.1, -0.05) is 23.8 Å². The lowest BCUT2D eigenvalue weighted by atomic mass is 10.1. The van der Waals surface area contributed by atoms with Crippen molar-refractivity contribution in [2.24, 2.45) is 0 Å². The molecule has 0 unspecified atom stereocenters. The number of aryl methyl sites for hydroxylation is 1. The molecule has 0 aliphatic rings. The molecule has 0 aliphatic heterocycles. The third-order valence-corrected chi connectivity index (χ3v) is 6.68. The molecule has 0 aliphatic carbocycles. The van der Waals surface area contributed by atoms with Crippen molar-refractivity contribution in [3.05, 3.63) is 95.9 Å². The predicted molar refractivity (Wildman–Crippen MR) is 116 cm³/mol. The molecule has 2 heterocycles. The second kappa shape index (κ2) is 7.76. The van der Waals surface area contributed by atoms with Crippen LogP contribution >= 0.6 is 0 Å². The number of carbonyl (C=O) groups excluding carboxylic acids is 1. The van der Waals surface area contributed by atoms with Crippen molar-refractivity contribution in [3.8, 4) is 0 Å². The van der Waals surface area contributed by atoms with E-state index in [-0.39, 0.29) is 17.2 Å². The molecule has 0 fully saturated rings. The molecular formula is C23H21N3O3S. The molecule has 152 valence electrons. The lowest BCUT2D eigenvalue weighted by Gasteiger charge is -2.24. The monoisotopic (exact) mass is 419 g/mol. The number of sulfonamides is 1. The highest BCUT2D eigenvalue weighted by Crippen LogP contribution is 2.26. The Morgan fingerprint density at radius 1 is 1.00 bits per heavy atom. The normalized spacial score (nSPS) is 11.5. The van der Waals surface area contributed by atoms with Crippen LogP contribution in [0.3, 0.4) is 0 Å². The summed E-state index contributed by atoms with van der Waals surface area (Å²) in [7, 11) is -3.84. The Kier molecular flexibility index (Phi) is 5.13. The number of imidazole rings is 1. The number of ketones is 1. The maximum Gasteiger partial charge on any atom is 0.264 e. The minimum Gasteiger partial charge on any atom is -0.307 e. The number of hydrogen-bond acceptors (Lipinski definition) is 4. The number of hydrogen-bond donors (Lipinski definition) is 0. The van der Waals surface area contributed by atoms with Gasteiger partial charge in [0.15, 0.2) is 5.78 Å². The number of fused-ring (bicyclic) bond motifs is 1. The number of carbonyl (C=O) groups is 1. The SMILES string of the molecule is CC(=O)c1ccc(N(Cc2cn3ccccc3n2)S(=O)(=O)c2ccc(C)cc2)cc1. The molecular weight excluding hydrogens is 398 g/mol. The highest BCUT2D eigenvalue weighted by Gasteiger charge is 2.26. The highest BCUT2D eigenvalue weighted by molar-refractivity contribution is 7.92. The van der Waals surface area contributed by atoms with Crippen molar-refractivity contribution in [1.82, 2.24) is 9.38 Å². The number of rotatable bonds is 6. The summed E-state index contributed by atoms with van der Waals surface area (Å²) in [5, 5.41) is 0. The van der Waals surface area contributed by atoms with E-state index in [1.807, 2.05) is 41.9 Å². The fourth-order valence-electron chi connectivity index (χ4n) is 3.23. The molecule has 0 atom stereocenters. The average molecular weight is 420 g/mol. The Bertz CT molecular complexity index is 1280. The van der Waals surface area contributed by atoms with E-state index in [0.717, 1.165) is 11.2 Å². The summed E-state index contributed by atoms with van der Waals surface area (Å²) in [5.74, 6) is -0.0742. The van der Waals surface area contributed by atoms with Crippen LogP contribution in [-0.4, -0.2) is 23.6 Å². The van der Waals surface area contributed by atoms with E-state index >= 15 is 0 Å². The van der Waals surface area contributed by atoms with Gasteiger partial charge in [-0.3, -0.25) is 9.10 Å². The van der Waals surface area contributed by atoms with Gasteiger partial charge in [-0.2, -0.15) is 0 Å². The van der Waals surface area contributed by atoms with Crippen LogP contribution in [0.25, 0.3) is 5.65 Å². The van der Waals surface area contributed by atoms with Crippen molar-refractivity contribution < 1.29 is 13.2 Å². The van der Waals surface area contributed by atoms with Crippen molar-refractivity contribution in [2.75, 3.05) is 4.31 Å². The molecule has 0 radical (unpaired) electrons. The Hall–Kier alpha value is -3.45. The van der Waals surface area contributed by atoms with Crippen molar-refractivity contribution in [1.29, 1.82) is 0 Å². The smallest absolute Gasteiger partial charge is 0.264 e. The van der Waals surface area contributed by atoms with E-state index < -0.39 is 10.0 Å². The molecule has 0 amide bonds. The van der Waals surface area contributed by atoms with Gasteiger partial charge in [0.25, 0.3) is 10.0 Å². The summed E-state index contributed by atoms with van der Waals surface area (Å²) in [6, 6.07) is 19.0. The maximum atomic E-state index is 13.5. The van der Waals surface area contributed by atoms with E-state index in [1.165, 1.54) is 11.2 Å². The van der Waals surface area contributed by atoms with Crippen LogP contribution in [0.2, 0.25) is 0 Å². The van der Waals surface area contributed by atoms with Gasteiger partial charge >= 0.3 is 0 Å². The van der Waals surface area contributed by atoms with E-state index in [0.29, 0.717) is 16.9 Å². The summed E-state index contributed by atoms with van der Waals surface area (Å²) in [4.78, 5) is 16.4. The molecule has 0 N–H and O–H groups in total. The molecule has 0 saturated carbocycles. The van der Waals surface area contributed by atoms with Gasteiger partial charge in [0.05, 0.1) is 22.8 Å². The van der Waals surface area contributed by atoms with E-state index in [9.17, 15) is 13.2 Å². The van der Waals surface area contributed by atoms with Crippen molar-refractivity contribution >= 4 is 27.1 Å². The third kappa shape index (κ3) is 3.84. The van der Waals surface area contributed by atoms with Crippen LogP contribution in [0, 0.1) is 6.92 Å². The number of anilines is 1. The number of nitrogens with zero attached hydrogens (tertiary/aromatic N) is 3. The number of aromatic nitrogens is 2. The number of benzene rings is 2. The molecule has 4 aromatic rings. The molecule has 4 rings (SSSR count). The van der Waals surface area contributed by atoms with Crippen LogP contribution in [0.15, 0.2) is 84.0 Å². The van der Waals surface area contributed by atoms with Crippen LogP contribution in [0.4, 0.5) is 5.69 Å². The molecule has 2 aromatic carbocycles. The predicted octanol–water partition coefficient (Wildman–Crippen LogP) is 4.24. The van der Waals surface area contributed by atoms with Crippen LogP contribution in [0.5, 0.6) is 0 Å². The van der Waals surface area contributed by atoms with Crippen LogP contribution < -0.4 is 4.31 Å². The van der Waals surface area contributed by atoms with Gasteiger partial charge in [-0.25, -0.2) is 13.4 Å². The first kappa shape index (κ1) is 19.8. The Balaban J connectivity index is 1.79. The zero-order chi connectivity index (χ0) is 21.3. The molecule has 0 saturated heterocycles.